The molecular weight excluding hydrogens is 578 g/mol. The predicted molar refractivity (Wildman–Crippen MR) is 151 cm³/mol. The number of carbonyl (C=O) groups is 2. The van der Waals surface area contributed by atoms with Crippen LogP contribution in [0.15, 0.2) is 54.6 Å². The fraction of sp³-hybridized carbons (Fsp3) is 0.333. The summed E-state index contributed by atoms with van der Waals surface area (Å²) >= 11 is 12.6. The molecule has 41 heavy (non-hydrogen) atoms. The fourth-order valence-corrected chi connectivity index (χ4v) is 5.30. The van der Waals surface area contributed by atoms with E-state index in [1.807, 2.05) is 18.2 Å². The number of piperazine rings is 1. The molecule has 2 aliphatic rings. The lowest BCUT2D eigenvalue weighted by Gasteiger charge is -2.38. The molecule has 1 saturated carbocycles. The molecule has 0 bridgehead atoms. The van der Waals surface area contributed by atoms with E-state index in [9.17, 15) is 22.8 Å². The lowest BCUT2D eigenvalue weighted by Crippen LogP contribution is -2.61. The van der Waals surface area contributed by atoms with Crippen molar-refractivity contribution in [2.45, 2.75) is 44.3 Å². The SMILES string of the molecule is O=C([C@H]1CNCC(=O)N1c1ccc(CCCOc2c(F)ccc(F)c2F)cc1)N(Cc1cccc(Cl)c1Cl)C1CC1. The molecule has 5 rings (SSSR count). The summed E-state index contributed by atoms with van der Waals surface area (Å²) in [6.07, 6.45) is 2.71. The molecule has 0 radical (unpaired) electrons. The van der Waals surface area contributed by atoms with E-state index in [4.69, 9.17) is 27.9 Å². The number of aryl methyl sites for hydroxylation is 1. The maximum atomic E-state index is 13.9. The molecule has 11 heteroatoms. The zero-order valence-corrected chi connectivity index (χ0v) is 23.5. The Kier molecular flexibility index (Phi) is 9.06. The summed E-state index contributed by atoms with van der Waals surface area (Å²) in [4.78, 5) is 30.2. The van der Waals surface area contributed by atoms with Gasteiger partial charge in [0.1, 0.15) is 6.04 Å². The van der Waals surface area contributed by atoms with Gasteiger partial charge < -0.3 is 15.0 Å². The predicted octanol–water partition coefficient (Wildman–Crippen LogP) is 5.92. The van der Waals surface area contributed by atoms with Crippen molar-refractivity contribution in [3.63, 3.8) is 0 Å². The third-order valence-electron chi connectivity index (χ3n) is 7.19. The average molecular weight is 606 g/mol. The monoisotopic (exact) mass is 605 g/mol. The van der Waals surface area contributed by atoms with E-state index in [1.165, 1.54) is 4.90 Å². The van der Waals surface area contributed by atoms with Gasteiger partial charge >= 0.3 is 0 Å². The summed E-state index contributed by atoms with van der Waals surface area (Å²) in [7, 11) is 0. The highest BCUT2D eigenvalue weighted by Gasteiger charge is 2.41. The second-order valence-electron chi connectivity index (χ2n) is 10.1. The Labute approximate surface area is 246 Å². The van der Waals surface area contributed by atoms with Gasteiger partial charge in [0.2, 0.25) is 17.6 Å². The van der Waals surface area contributed by atoms with Crippen LogP contribution in [0, 0.1) is 17.5 Å². The largest absolute Gasteiger partial charge is 0.488 e. The second-order valence-corrected chi connectivity index (χ2v) is 10.9. The summed E-state index contributed by atoms with van der Waals surface area (Å²) in [5.41, 5.74) is 2.24. The minimum absolute atomic E-state index is 0.0143. The van der Waals surface area contributed by atoms with Gasteiger partial charge in [-0.15, -0.1) is 0 Å². The van der Waals surface area contributed by atoms with Gasteiger partial charge in [0.15, 0.2) is 17.4 Å². The van der Waals surface area contributed by atoms with Gasteiger partial charge in [-0.05, 0) is 67.1 Å². The Bertz CT molecular complexity index is 1440. The fourth-order valence-electron chi connectivity index (χ4n) is 4.92. The van der Waals surface area contributed by atoms with Crippen molar-refractivity contribution in [3.05, 3.63) is 93.2 Å². The molecule has 216 valence electrons. The number of rotatable bonds is 10. The number of amides is 2. The van der Waals surface area contributed by atoms with Gasteiger partial charge in [-0.25, -0.2) is 8.78 Å². The van der Waals surface area contributed by atoms with E-state index < -0.39 is 29.2 Å². The highest BCUT2D eigenvalue weighted by atomic mass is 35.5. The molecule has 1 heterocycles. The Morgan fingerprint density at radius 2 is 1.76 bits per heavy atom. The van der Waals surface area contributed by atoms with E-state index in [0.29, 0.717) is 47.7 Å². The van der Waals surface area contributed by atoms with E-state index in [2.05, 4.69) is 5.32 Å². The zero-order valence-electron chi connectivity index (χ0n) is 22.0. The first-order chi connectivity index (χ1) is 19.7. The minimum atomic E-state index is -1.35. The average Bonchev–Trinajstić information content (AvgIpc) is 3.81. The molecule has 1 N–H and O–H groups in total. The van der Waals surface area contributed by atoms with Crippen LogP contribution in [0.2, 0.25) is 10.0 Å². The van der Waals surface area contributed by atoms with Crippen LogP contribution in [-0.2, 0) is 22.6 Å². The van der Waals surface area contributed by atoms with Gasteiger partial charge in [-0.2, -0.15) is 4.39 Å². The van der Waals surface area contributed by atoms with Crippen molar-refractivity contribution < 1.29 is 27.5 Å². The Balaban J connectivity index is 1.25. The Morgan fingerprint density at radius 3 is 2.49 bits per heavy atom. The summed E-state index contributed by atoms with van der Waals surface area (Å²) in [6.45, 7) is 0.703. The lowest BCUT2D eigenvalue weighted by atomic mass is 10.1. The number of nitrogens with one attached hydrogen (secondary N) is 1. The van der Waals surface area contributed by atoms with Gasteiger partial charge in [0, 0.05) is 24.8 Å². The molecule has 3 aromatic rings. The third-order valence-corrected chi connectivity index (χ3v) is 8.05. The number of anilines is 1. The van der Waals surface area contributed by atoms with Crippen molar-refractivity contribution in [1.82, 2.24) is 10.2 Å². The molecule has 2 amide bonds. The minimum Gasteiger partial charge on any atom is -0.488 e. The van der Waals surface area contributed by atoms with Crippen LogP contribution in [0.4, 0.5) is 18.9 Å². The maximum Gasteiger partial charge on any atom is 0.247 e. The molecule has 1 saturated heterocycles. The van der Waals surface area contributed by atoms with E-state index in [0.717, 1.165) is 30.0 Å². The number of nitrogens with zero attached hydrogens (tertiary/aromatic N) is 2. The second kappa shape index (κ2) is 12.7. The number of benzene rings is 3. The molecule has 1 atom stereocenters. The molecule has 0 unspecified atom stereocenters. The van der Waals surface area contributed by atoms with Crippen molar-refractivity contribution >= 4 is 40.7 Å². The standard InChI is InChI=1S/C30H28Cl2F3N3O3/c31-22-5-1-4-19(27(22)32)17-37(20-10-11-20)30(40)25-15-36-16-26(39)38(25)21-8-6-18(7-9-21)3-2-14-41-29-24(34)13-12-23(33)28(29)35/h1,4-9,12-13,20,25,36H,2-3,10-11,14-17H2/t25-/m1/s1. The van der Waals surface area contributed by atoms with Crippen LogP contribution >= 0.6 is 23.2 Å². The molecule has 0 aromatic heterocycles. The quantitative estimate of drug-likeness (QED) is 0.230. The van der Waals surface area contributed by atoms with Crippen molar-refractivity contribution in [2.24, 2.45) is 0 Å². The topological polar surface area (TPSA) is 61.9 Å². The summed E-state index contributed by atoms with van der Waals surface area (Å²) in [6, 6.07) is 13.4. The summed E-state index contributed by atoms with van der Waals surface area (Å²) in [5, 5.41) is 3.89. The Hall–Kier alpha value is -3.27. The molecule has 1 aliphatic heterocycles. The van der Waals surface area contributed by atoms with Gasteiger partial charge in [0.05, 0.1) is 23.2 Å². The number of halogens is 5. The van der Waals surface area contributed by atoms with Crippen LogP contribution in [0.1, 0.15) is 30.4 Å². The van der Waals surface area contributed by atoms with E-state index >= 15 is 0 Å². The smallest absolute Gasteiger partial charge is 0.247 e. The van der Waals surface area contributed by atoms with Crippen molar-refractivity contribution in [3.8, 4) is 5.75 Å². The van der Waals surface area contributed by atoms with Crippen LogP contribution < -0.4 is 15.0 Å². The lowest BCUT2D eigenvalue weighted by molar-refractivity contribution is -0.136. The van der Waals surface area contributed by atoms with Gasteiger partial charge in [-0.1, -0.05) is 47.5 Å². The van der Waals surface area contributed by atoms with Gasteiger partial charge in [-0.3, -0.25) is 14.5 Å². The molecule has 6 nitrogen and oxygen atoms in total. The van der Waals surface area contributed by atoms with Crippen LogP contribution in [-0.4, -0.2) is 48.5 Å². The highest BCUT2D eigenvalue weighted by molar-refractivity contribution is 6.42. The van der Waals surface area contributed by atoms with E-state index in [-0.39, 0.29) is 31.0 Å². The highest BCUT2D eigenvalue weighted by Crippen LogP contribution is 2.34. The van der Waals surface area contributed by atoms with Crippen molar-refractivity contribution in [1.29, 1.82) is 0 Å². The first-order valence-corrected chi connectivity index (χ1v) is 14.1. The molecule has 1 aliphatic carbocycles. The number of hydrogen-bond donors (Lipinski definition) is 1. The molecule has 2 fully saturated rings. The van der Waals surface area contributed by atoms with E-state index in [1.54, 1.807) is 29.2 Å². The first kappa shape index (κ1) is 29.2. The third kappa shape index (κ3) is 6.63. The number of hydrogen-bond acceptors (Lipinski definition) is 4. The number of carbonyl (C=O) groups excluding carboxylic acids is 2. The molecular formula is C30H28Cl2F3N3O3. The van der Waals surface area contributed by atoms with Crippen LogP contribution in [0.5, 0.6) is 5.75 Å². The Morgan fingerprint density at radius 1 is 1.02 bits per heavy atom. The van der Waals surface area contributed by atoms with Crippen LogP contribution in [0.25, 0.3) is 0 Å². The number of ether oxygens (including phenoxy) is 1. The normalized spacial score (nSPS) is 17.0. The summed E-state index contributed by atoms with van der Waals surface area (Å²) in [5.74, 6) is -4.60. The van der Waals surface area contributed by atoms with Gasteiger partial charge in [0.25, 0.3) is 0 Å². The molecule has 0 spiro atoms. The molecule has 3 aromatic carbocycles. The summed E-state index contributed by atoms with van der Waals surface area (Å²) < 4.78 is 46.0. The zero-order chi connectivity index (χ0) is 29.1. The first-order valence-electron chi connectivity index (χ1n) is 13.4. The van der Waals surface area contributed by atoms with Crippen molar-refractivity contribution in [2.75, 3.05) is 24.6 Å². The maximum absolute atomic E-state index is 13.9. The van der Waals surface area contributed by atoms with Crippen LogP contribution in [0.3, 0.4) is 0 Å².